The maximum atomic E-state index is 5.67. The number of thiazole rings is 1. The second-order valence-corrected chi connectivity index (χ2v) is 5.19. The fraction of sp³-hybridized carbons (Fsp3) is 0.357. The molecule has 2 rings (SSSR count). The number of rotatable bonds is 5. The highest BCUT2D eigenvalue weighted by Crippen LogP contribution is 2.28. The molecule has 0 atom stereocenters. The van der Waals surface area contributed by atoms with E-state index in [1.807, 2.05) is 31.2 Å². The molecule has 1 heterocycles. The van der Waals surface area contributed by atoms with E-state index in [4.69, 9.17) is 10.5 Å². The lowest BCUT2D eigenvalue weighted by Crippen LogP contribution is -1.94. The summed E-state index contributed by atoms with van der Waals surface area (Å²) in [5.74, 6) is 0.910. The molecule has 0 aliphatic carbocycles. The summed E-state index contributed by atoms with van der Waals surface area (Å²) >= 11 is 1.66. The Morgan fingerprint density at radius 2 is 2.00 bits per heavy atom. The van der Waals surface area contributed by atoms with Gasteiger partial charge in [0.05, 0.1) is 12.3 Å². The van der Waals surface area contributed by atoms with Crippen molar-refractivity contribution in [2.24, 2.45) is 5.73 Å². The van der Waals surface area contributed by atoms with Gasteiger partial charge in [0.15, 0.2) is 0 Å². The first-order valence-corrected chi connectivity index (χ1v) is 6.96. The zero-order chi connectivity index (χ0) is 13.0. The van der Waals surface area contributed by atoms with Crippen LogP contribution in [0.25, 0.3) is 10.6 Å². The number of nitrogens with zero attached hydrogens (tertiary/aromatic N) is 1. The molecule has 3 nitrogen and oxygen atoms in total. The van der Waals surface area contributed by atoms with E-state index in [1.54, 1.807) is 11.3 Å². The molecule has 0 saturated heterocycles. The standard InChI is InChI=1S/C14H18N2OS/c1-3-8-17-12-6-4-11(5-7-12)14-16-10(2)13(9-15)18-14/h4-7H,3,8-9,15H2,1-2H3. The van der Waals surface area contributed by atoms with Crippen LogP contribution in [0, 0.1) is 6.92 Å². The third-order valence-electron chi connectivity index (χ3n) is 2.65. The minimum atomic E-state index is 0.557. The largest absolute Gasteiger partial charge is 0.494 e. The highest BCUT2D eigenvalue weighted by Gasteiger charge is 2.08. The van der Waals surface area contributed by atoms with E-state index in [-0.39, 0.29) is 0 Å². The Kier molecular flexibility index (Phi) is 4.33. The smallest absolute Gasteiger partial charge is 0.123 e. The predicted octanol–water partition coefficient (Wildman–Crippen LogP) is 3.37. The molecule has 0 aliphatic rings. The van der Waals surface area contributed by atoms with Gasteiger partial charge in [0.25, 0.3) is 0 Å². The summed E-state index contributed by atoms with van der Waals surface area (Å²) in [6, 6.07) is 8.07. The first kappa shape index (κ1) is 13.1. The second-order valence-electron chi connectivity index (χ2n) is 4.10. The number of hydrogen-bond donors (Lipinski definition) is 1. The van der Waals surface area contributed by atoms with Crippen LogP contribution in [0.3, 0.4) is 0 Å². The van der Waals surface area contributed by atoms with Gasteiger partial charge < -0.3 is 10.5 Å². The van der Waals surface area contributed by atoms with Crippen molar-refractivity contribution in [2.45, 2.75) is 26.8 Å². The first-order chi connectivity index (χ1) is 8.74. The van der Waals surface area contributed by atoms with E-state index in [1.165, 1.54) is 0 Å². The van der Waals surface area contributed by atoms with Crippen molar-refractivity contribution in [1.29, 1.82) is 0 Å². The summed E-state index contributed by atoms with van der Waals surface area (Å²) in [4.78, 5) is 5.69. The maximum Gasteiger partial charge on any atom is 0.123 e. The lowest BCUT2D eigenvalue weighted by atomic mass is 10.2. The zero-order valence-electron chi connectivity index (χ0n) is 10.8. The Morgan fingerprint density at radius 1 is 1.28 bits per heavy atom. The van der Waals surface area contributed by atoms with Crippen LogP contribution in [0.4, 0.5) is 0 Å². The highest BCUT2D eigenvalue weighted by atomic mass is 32.1. The van der Waals surface area contributed by atoms with E-state index < -0.39 is 0 Å². The lowest BCUT2D eigenvalue weighted by molar-refractivity contribution is 0.317. The molecule has 1 aromatic heterocycles. The highest BCUT2D eigenvalue weighted by molar-refractivity contribution is 7.15. The van der Waals surface area contributed by atoms with Gasteiger partial charge >= 0.3 is 0 Å². The summed E-state index contributed by atoms with van der Waals surface area (Å²) < 4.78 is 5.56. The van der Waals surface area contributed by atoms with E-state index in [0.717, 1.165) is 39.9 Å². The molecule has 0 radical (unpaired) electrons. The number of benzene rings is 1. The van der Waals surface area contributed by atoms with Gasteiger partial charge in [-0.15, -0.1) is 11.3 Å². The van der Waals surface area contributed by atoms with Gasteiger partial charge in [-0.05, 0) is 37.6 Å². The van der Waals surface area contributed by atoms with E-state index in [2.05, 4.69) is 11.9 Å². The maximum absolute atomic E-state index is 5.67. The van der Waals surface area contributed by atoms with Crippen LogP contribution in [-0.4, -0.2) is 11.6 Å². The average Bonchev–Trinajstić information content (AvgIpc) is 2.78. The second kappa shape index (κ2) is 5.98. The van der Waals surface area contributed by atoms with E-state index in [0.29, 0.717) is 6.54 Å². The SMILES string of the molecule is CCCOc1ccc(-c2nc(C)c(CN)s2)cc1. The molecule has 0 amide bonds. The van der Waals surface area contributed by atoms with Crippen LogP contribution in [0.15, 0.2) is 24.3 Å². The summed E-state index contributed by atoms with van der Waals surface area (Å²) in [5, 5.41) is 1.02. The molecule has 2 aromatic rings. The van der Waals surface area contributed by atoms with Crippen molar-refractivity contribution in [3.63, 3.8) is 0 Å². The molecule has 18 heavy (non-hydrogen) atoms. The predicted molar refractivity (Wildman–Crippen MR) is 76.0 cm³/mol. The molecule has 0 saturated carbocycles. The fourth-order valence-corrected chi connectivity index (χ4v) is 2.60. The third kappa shape index (κ3) is 2.89. The van der Waals surface area contributed by atoms with Crippen molar-refractivity contribution >= 4 is 11.3 Å². The molecule has 2 N–H and O–H groups in total. The minimum absolute atomic E-state index is 0.557. The number of aryl methyl sites for hydroxylation is 1. The van der Waals surface area contributed by atoms with Crippen LogP contribution in [0.5, 0.6) is 5.75 Å². The lowest BCUT2D eigenvalue weighted by Gasteiger charge is -2.04. The molecule has 0 bridgehead atoms. The summed E-state index contributed by atoms with van der Waals surface area (Å²) in [6.45, 7) is 5.41. The first-order valence-electron chi connectivity index (χ1n) is 6.14. The summed E-state index contributed by atoms with van der Waals surface area (Å²) in [7, 11) is 0. The molecule has 0 spiro atoms. The van der Waals surface area contributed by atoms with Crippen molar-refractivity contribution in [3.05, 3.63) is 34.8 Å². The Labute approximate surface area is 112 Å². The van der Waals surface area contributed by atoms with Gasteiger partial charge in [0.2, 0.25) is 0 Å². The van der Waals surface area contributed by atoms with Crippen LogP contribution in [-0.2, 0) is 6.54 Å². The Bertz CT molecular complexity index is 505. The van der Waals surface area contributed by atoms with Crippen molar-refractivity contribution < 1.29 is 4.74 Å². The number of nitrogens with two attached hydrogens (primary N) is 1. The normalized spacial score (nSPS) is 10.6. The van der Waals surface area contributed by atoms with Crippen LogP contribution in [0.1, 0.15) is 23.9 Å². The fourth-order valence-electron chi connectivity index (χ4n) is 1.65. The van der Waals surface area contributed by atoms with E-state index in [9.17, 15) is 0 Å². The van der Waals surface area contributed by atoms with E-state index >= 15 is 0 Å². The molecule has 1 aromatic carbocycles. The van der Waals surface area contributed by atoms with Gasteiger partial charge in [-0.2, -0.15) is 0 Å². The van der Waals surface area contributed by atoms with Gasteiger partial charge in [-0.25, -0.2) is 4.98 Å². The van der Waals surface area contributed by atoms with Gasteiger partial charge in [-0.3, -0.25) is 0 Å². The van der Waals surface area contributed by atoms with Crippen molar-refractivity contribution in [2.75, 3.05) is 6.61 Å². The Balaban J connectivity index is 2.17. The number of aromatic nitrogens is 1. The average molecular weight is 262 g/mol. The van der Waals surface area contributed by atoms with Crippen molar-refractivity contribution in [1.82, 2.24) is 4.98 Å². The molecule has 0 unspecified atom stereocenters. The monoisotopic (exact) mass is 262 g/mol. The molecular formula is C14H18N2OS. The van der Waals surface area contributed by atoms with Gasteiger partial charge in [0.1, 0.15) is 10.8 Å². The quantitative estimate of drug-likeness (QED) is 0.898. The van der Waals surface area contributed by atoms with Gasteiger partial charge in [-0.1, -0.05) is 6.92 Å². The van der Waals surface area contributed by atoms with Crippen molar-refractivity contribution in [3.8, 4) is 16.3 Å². The summed E-state index contributed by atoms with van der Waals surface area (Å²) in [5.41, 5.74) is 7.82. The third-order valence-corrected chi connectivity index (χ3v) is 3.88. The minimum Gasteiger partial charge on any atom is -0.494 e. The number of hydrogen-bond acceptors (Lipinski definition) is 4. The van der Waals surface area contributed by atoms with Crippen LogP contribution in [0.2, 0.25) is 0 Å². The van der Waals surface area contributed by atoms with Crippen LogP contribution < -0.4 is 10.5 Å². The number of ether oxygens (including phenoxy) is 1. The topological polar surface area (TPSA) is 48.1 Å². The molecule has 0 fully saturated rings. The van der Waals surface area contributed by atoms with Gasteiger partial charge in [0, 0.05) is 17.0 Å². The molecular weight excluding hydrogens is 244 g/mol. The molecule has 96 valence electrons. The van der Waals surface area contributed by atoms with Crippen LogP contribution >= 0.6 is 11.3 Å². The molecule has 4 heteroatoms. The Morgan fingerprint density at radius 3 is 2.56 bits per heavy atom. The summed E-state index contributed by atoms with van der Waals surface area (Å²) in [6.07, 6.45) is 1.02. The Hall–Kier alpha value is -1.39. The zero-order valence-corrected chi connectivity index (χ0v) is 11.6. The molecule has 0 aliphatic heterocycles.